The highest BCUT2D eigenvalue weighted by molar-refractivity contribution is 7.46. The zero-order valence-electron chi connectivity index (χ0n) is 10.8. The molecule has 2 heterocycles. The fraction of sp³-hybridized carbons (Fsp3) is 0.444. The molecular formula is C9H13N4O6P. The van der Waals surface area contributed by atoms with Crippen molar-refractivity contribution in [1.29, 1.82) is 0 Å². The molecule has 0 aliphatic heterocycles. The fourth-order valence-electron chi connectivity index (χ4n) is 1.82. The van der Waals surface area contributed by atoms with Crippen LogP contribution in [0.3, 0.4) is 0 Å². The Bertz CT molecular complexity index is 812. The van der Waals surface area contributed by atoms with Gasteiger partial charge in [-0.3, -0.25) is 18.5 Å². The van der Waals surface area contributed by atoms with E-state index < -0.39 is 19.1 Å². The van der Waals surface area contributed by atoms with E-state index in [0.29, 0.717) is 0 Å². The third-order valence-corrected chi connectivity index (χ3v) is 3.33. The highest BCUT2D eigenvalue weighted by Gasteiger charge is 2.16. The van der Waals surface area contributed by atoms with Crippen LogP contribution >= 0.6 is 7.82 Å². The summed E-state index contributed by atoms with van der Waals surface area (Å²) >= 11 is 0. The number of aromatic nitrogens is 4. The van der Waals surface area contributed by atoms with Crippen LogP contribution < -0.4 is 11.2 Å². The lowest BCUT2D eigenvalue weighted by Crippen LogP contribution is -2.37. The molecule has 11 heteroatoms. The lowest BCUT2D eigenvalue weighted by molar-refractivity contribution is 0.191. The predicted octanol–water partition coefficient (Wildman–Crippen LogP) is -1.46. The third-order valence-electron chi connectivity index (χ3n) is 2.81. The van der Waals surface area contributed by atoms with Crippen LogP contribution in [0.2, 0.25) is 0 Å². The number of hydrogen-bond acceptors (Lipinski definition) is 5. The molecule has 0 amide bonds. The second kappa shape index (κ2) is 4.98. The maximum Gasteiger partial charge on any atom is 0.469 e. The van der Waals surface area contributed by atoms with Gasteiger partial charge in [-0.1, -0.05) is 0 Å². The van der Waals surface area contributed by atoms with E-state index in [1.807, 2.05) is 0 Å². The number of phosphoric ester groups is 1. The summed E-state index contributed by atoms with van der Waals surface area (Å²) in [5.74, 6) is 0. The smallest absolute Gasteiger partial charge is 0.322 e. The summed E-state index contributed by atoms with van der Waals surface area (Å²) in [5.41, 5.74) is -0.658. The minimum Gasteiger partial charge on any atom is -0.322 e. The zero-order chi connectivity index (χ0) is 15.1. The van der Waals surface area contributed by atoms with Gasteiger partial charge in [-0.15, -0.1) is 0 Å². The summed E-state index contributed by atoms with van der Waals surface area (Å²) in [4.78, 5) is 44.9. The van der Waals surface area contributed by atoms with E-state index >= 15 is 0 Å². The van der Waals surface area contributed by atoms with E-state index in [1.165, 1.54) is 29.6 Å². The van der Waals surface area contributed by atoms with E-state index in [1.54, 1.807) is 0 Å². The van der Waals surface area contributed by atoms with Crippen molar-refractivity contribution >= 4 is 19.0 Å². The maximum atomic E-state index is 12.0. The molecule has 10 nitrogen and oxygen atoms in total. The van der Waals surface area contributed by atoms with Crippen LogP contribution in [0.15, 0.2) is 15.9 Å². The van der Waals surface area contributed by atoms with Crippen molar-refractivity contribution in [2.75, 3.05) is 6.61 Å². The van der Waals surface area contributed by atoms with Crippen molar-refractivity contribution in [2.45, 2.75) is 6.54 Å². The second-order valence-electron chi connectivity index (χ2n) is 4.14. The lowest BCUT2D eigenvalue weighted by Gasteiger charge is -2.07. The van der Waals surface area contributed by atoms with Crippen LogP contribution in [0.25, 0.3) is 11.2 Å². The van der Waals surface area contributed by atoms with Gasteiger partial charge in [0.1, 0.15) is 0 Å². The summed E-state index contributed by atoms with van der Waals surface area (Å²) in [6, 6.07) is 0. The molecule has 20 heavy (non-hydrogen) atoms. The van der Waals surface area contributed by atoms with Crippen LogP contribution in [0.1, 0.15) is 0 Å². The molecular weight excluding hydrogens is 291 g/mol. The quantitative estimate of drug-likeness (QED) is 0.661. The lowest BCUT2D eigenvalue weighted by atomic mass is 10.5. The molecule has 0 unspecified atom stereocenters. The standard InChI is InChI=1S/C9H13N4O6P/c1-11-7-6(8(14)12(2)9(11)15)13(5-10-7)3-4-19-20(16,17)18/h5H,3-4H2,1-2H3,(H2,16,17,18). The Morgan fingerprint density at radius 1 is 1.30 bits per heavy atom. The number of fused-ring (bicyclic) bond motifs is 1. The predicted molar refractivity (Wildman–Crippen MR) is 68.2 cm³/mol. The summed E-state index contributed by atoms with van der Waals surface area (Å²) in [7, 11) is -1.73. The van der Waals surface area contributed by atoms with E-state index in [0.717, 1.165) is 4.57 Å². The minimum atomic E-state index is -4.56. The van der Waals surface area contributed by atoms with Crippen LogP contribution in [0.4, 0.5) is 0 Å². The first-order valence-electron chi connectivity index (χ1n) is 5.53. The number of aryl methyl sites for hydroxylation is 1. The molecule has 0 atom stereocenters. The van der Waals surface area contributed by atoms with Crippen molar-refractivity contribution < 1.29 is 18.9 Å². The van der Waals surface area contributed by atoms with E-state index in [9.17, 15) is 14.2 Å². The van der Waals surface area contributed by atoms with Gasteiger partial charge in [0.15, 0.2) is 11.2 Å². The maximum absolute atomic E-state index is 12.0. The van der Waals surface area contributed by atoms with Gasteiger partial charge in [0.25, 0.3) is 5.56 Å². The number of phosphoric acid groups is 1. The van der Waals surface area contributed by atoms with Gasteiger partial charge < -0.3 is 14.4 Å². The van der Waals surface area contributed by atoms with Gasteiger partial charge >= 0.3 is 13.5 Å². The highest BCUT2D eigenvalue weighted by Crippen LogP contribution is 2.35. The average molecular weight is 304 g/mol. The molecule has 0 bridgehead atoms. The Balaban J connectivity index is 2.45. The number of imidazole rings is 1. The molecule has 2 N–H and O–H groups in total. The van der Waals surface area contributed by atoms with Gasteiger partial charge in [0.05, 0.1) is 12.9 Å². The van der Waals surface area contributed by atoms with Crippen LogP contribution in [-0.4, -0.2) is 35.1 Å². The molecule has 0 spiro atoms. The molecule has 2 aromatic heterocycles. The van der Waals surface area contributed by atoms with E-state index in [4.69, 9.17) is 9.79 Å². The Morgan fingerprint density at radius 3 is 2.55 bits per heavy atom. The topological polar surface area (TPSA) is 129 Å². The normalized spacial score (nSPS) is 12.2. The Kier molecular flexibility index (Phi) is 3.65. The minimum absolute atomic E-state index is 0.0229. The first-order valence-corrected chi connectivity index (χ1v) is 7.06. The largest absolute Gasteiger partial charge is 0.469 e. The van der Waals surface area contributed by atoms with Crippen molar-refractivity contribution in [3.8, 4) is 0 Å². The monoisotopic (exact) mass is 304 g/mol. The molecule has 0 aromatic carbocycles. The Labute approximate surface area is 112 Å². The summed E-state index contributed by atoms with van der Waals surface area (Å²) < 4.78 is 18.4. The number of nitrogens with zero attached hydrogens (tertiary/aromatic N) is 4. The summed E-state index contributed by atoms with van der Waals surface area (Å²) in [6.45, 7) is -0.267. The van der Waals surface area contributed by atoms with Crippen LogP contribution in [0, 0.1) is 0 Å². The summed E-state index contributed by atoms with van der Waals surface area (Å²) in [5, 5.41) is 0. The molecule has 0 aliphatic carbocycles. The Morgan fingerprint density at radius 2 is 1.95 bits per heavy atom. The van der Waals surface area contributed by atoms with Crippen molar-refractivity contribution in [2.24, 2.45) is 14.1 Å². The van der Waals surface area contributed by atoms with Crippen molar-refractivity contribution in [3.05, 3.63) is 27.2 Å². The van der Waals surface area contributed by atoms with Gasteiger partial charge in [-0.2, -0.15) is 0 Å². The molecule has 0 radical (unpaired) electrons. The molecule has 0 aliphatic rings. The van der Waals surface area contributed by atoms with E-state index in [2.05, 4.69) is 9.51 Å². The van der Waals surface area contributed by atoms with Crippen LogP contribution in [0.5, 0.6) is 0 Å². The molecule has 2 rings (SSSR count). The van der Waals surface area contributed by atoms with Crippen LogP contribution in [-0.2, 0) is 29.7 Å². The van der Waals surface area contributed by atoms with Gasteiger partial charge in [0, 0.05) is 20.6 Å². The zero-order valence-corrected chi connectivity index (χ0v) is 11.6. The molecule has 2 aromatic rings. The molecule has 0 saturated carbocycles. The highest BCUT2D eigenvalue weighted by atomic mass is 31.2. The SMILES string of the molecule is Cn1c(=O)c2c(ncn2CCOP(=O)(O)O)n(C)c1=O. The van der Waals surface area contributed by atoms with E-state index in [-0.39, 0.29) is 24.3 Å². The van der Waals surface area contributed by atoms with Gasteiger partial charge in [-0.05, 0) is 0 Å². The molecule has 0 fully saturated rings. The average Bonchev–Trinajstić information content (AvgIpc) is 2.76. The molecule has 110 valence electrons. The first-order chi connectivity index (χ1) is 9.22. The number of hydrogen-bond donors (Lipinski definition) is 2. The number of rotatable bonds is 4. The first kappa shape index (κ1) is 14.7. The van der Waals surface area contributed by atoms with Crippen molar-refractivity contribution in [1.82, 2.24) is 18.7 Å². The second-order valence-corrected chi connectivity index (χ2v) is 5.38. The molecule has 0 saturated heterocycles. The fourth-order valence-corrected chi connectivity index (χ4v) is 2.14. The third kappa shape index (κ3) is 2.59. The summed E-state index contributed by atoms with van der Waals surface area (Å²) in [6.07, 6.45) is 1.31. The van der Waals surface area contributed by atoms with Gasteiger partial charge in [-0.25, -0.2) is 14.3 Å². The van der Waals surface area contributed by atoms with Crippen molar-refractivity contribution in [3.63, 3.8) is 0 Å². The Hall–Kier alpha value is -1.74. The van der Waals surface area contributed by atoms with Gasteiger partial charge in [0.2, 0.25) is 0 Å².